The van der Waals surface area contributed by atoms with Crippen LogP contribution in [0.2, 0.25) is 5.02 Å². The van der Waals surface area contributed by atoms with Gasteiger partial charge in [0.1, 0.15) is 0 Å². The van der Waals surface area contributed by atoms with Crippen molar-refractivity contribution >= 4 is 29.2 Å². The first kappa shape index (κ1) is 14.9. The minimum atomic E-state index is -0.708. The predicted octanol–water partition coefficient (Wildman–Crippen LogP) is 2.23. The van der Waals surface area contributed by atoms with Gasteiger partial charge >= 0.3 is 5.97 Å². The molecule has 0 atom stereocenters. The molecule has 0 fully saturated rings. The lowest BCUT2D eigenvalue weighted by Crippen LogP contribution is -2.21. The highest BCUT2D eigenvalue weighted by atomic mass is 35.5. The molecule has 2 rings (SSSR count). The van der Waals surface area contributed by atoms with Crippen molar-refractivity contribution in [2.45, 2.75) is 6.92 Å². The SMILES string of the molecule is Cc1ccc(NC(=O)COC(=O)c2cnccn2)cc1Cl. The van der Waals surface area contributed by atoms with E-state index < -0.39 is 18.5 Å². The molecule has 0 saturated heterocycles. The van der Waals surface area contributed by atoms with Gasteiger partial charge < -0.3 is 10.1 Å². The number of benzene rings is 1. The molecule has 0 unspecified atom stereocenters. The van der Waals surface area contributed by atoms with Crippen molar-refractivity contribution in [2.24, 2.45) is 0 Å². The molecular formula is C14H12ClN3O3. The molecule has 1 amide bonds. The van der Waals surface area contributed by atoms with E-state index in [-0.39, 0.29) is 5.69 Å². The number of nitrogens with one attached hydrogen (secondary N) is 1. The van der Waals surface area contributed by atoms with Crippen LogP contribution in [0.15, 0.2) is 36.8 Å². The summed E-state index contributed by atoms with van der Waals surface area (Å²) in [5, 5.41) is 3.13. The zero-order valence-corrected chi connectivity index (χ0v) is 11.9. The van der Waals surface area contributed by atoms with Crippen LogP contribution in [0.25, 0.3) is 0 Å². The summed E-state index contributed by atoms with van der Waals surface area (Å²) >= 11 is 5.95. The molecule has 1 heterocycles. The zero-order chi connectivity index (χ0) is 15.2. The molecule has 0 radical (unpaired) electrons. The molecule has 1 aromatic carbocycles. The van der Waals surface area contributed by atoms with Crippen molar-refractivity contribution < 1.29 is 14.3 Å². The lowest BCUT2D eigenvalue weighted by molar-refractivity contribution is -0.119. The summed E-state index contributed by atoms with van der Waals surface area (Å²) in [5.41, 5.74) is 1.48. The highest BCUT2D eigenvalue weighted by Crippen LogP contribution is 2.19. The summed E-state index contributed by atoms with van der Waals surface area (Å²) in [4.78, 5) is 30.8. The number of hydrogen-bond donors (Lipinski definition) is 1. The van der Waals surface area contributed by atoms with Gasteiger partial charge in [0.05, 0.1) is 6.20 Å². The van der Waals surface area contributed by atoms with Crippen LogP contribution in [0.3, 0.4) is 0 Å². The Morgan fingerprint density at radius 3 is 2.81 bits per heavy atom. The summed E-state index contributed by atoms with van der Waals surface area (Å²) in [6.07, 6.45) is 4.07. The summed E-state index contributed by atoms with van der Waals surface area (Å²) in [5.74, 6) is -1.17. The Hall–Kier alpha value is -2.47. The molecule has 0 aliphatic rings. The molecule has 1 aromatic heterocycles. The Morgan fingerprint density at radius 1 is 1.33 bits per heavy atom. The fraction of sp³-hybridized carbons (Fsp3) is 0.143. The van der Waals surface area contributed by atoms with Crippen LogP contribution in [0.4, 0.5) is 5.69 Å². The molecule has 2 aromatic rings. The van der Waals surface area contributed by atoms with E-state index in [2.05, 4.69) is 15.3 Å². The van der Waals surface area contributed by atoms with E-state index in [1.54, 1.807) is 18.2 Å². The topological polar surface area (TPSA) is 81.2 Å². The van der Waals surface area contributed by atoms with Crippen LogP contribution in [-0.4, -0.2) is 28.5 Å². The second-order valence-electron chi connectivity index (χ2n) is 4.18. The first-order valence-corrected chi connectivity index (χ1v) is 6.43. The maximum atomic E-state index is 11.7. The molecule has 0 aliphatic carbocycles. The fourth-order valence-corrected chi connectivity index (χ4v) is 1.66. The number of hydrogen-bond acceptors (Lipinski definition) is 5. The number of carbonyl (C=O) groups is 2. The van der Waals surface area contributed by atoms with Crippen LogP contribution in [0.5, 0.6) is 0 Å². The number of aromatic nitrogens is 2. The van der Waals surface area contributed by atoms with Crippen LogP contribution in [-0.2, 0) is 9.53 Å². The van der Waals surface area contributed by atoms with Crippen LogP contribution in [0.1, 0.15) is 16.1 Å². The second kappa shape index (κ2) is 6.81. The van der Waals surface area contributed by atoms with Gasteiger partial charge in [-0.1, -0.05) is 17.7 Å². The number of amides is 1. The molecular weight excluding hydrogens is 294 g/mol. The minimum absolute atomic E-state index is 0.0451. The number of esters is 1. The normalized spacial score (nSPS) is 10.0. The van der Waals surface area contributed by atoms with E-state index in [9.17, 15) is 9.59 Å². The Labute approximate surface area is 126 Å². The van der Waals surface area contributed by atoms with E-state index in [1.807, 2.05) is 6.92 Å². The van der Waals surface area contributed by atoms with Crippen molar-refractivity contribution in [3.63, 3.8) is 0 Å². The van der Waals surface area contributed by atoms with Crippen molar-refractivity contribution in [2.75, 3.05) is 11.9 Å². The fourth-order valence-electron chi connectivity index (χ4n) is 1.48. The van der Waals surface area contributed by atoms with E-state index in [1.165, 1.54) is 18.6 Å². The van der Waals surface area contributed by atoms with Crippen molar-refractivity contribution in [3.05, 3.63) is 53.1 Å². The van der Waals surface area contributed by atoms with E-state index in [0.717, 1.165) is 5.56 Å². The molecule has 21 heavy (non-hydrogen) atoms. The second-order valence-corrected chi connectivity index (χ2v) is 4.59. The van der Waals surface area contributed by atoms with Crippen molar-refractivity contribution in [1.82, 2.24) is 9.97 Å². The Kier molecular flexibility index (Phi) is 4.84. The summed E-state index contributed by atoms with van der Waals surface area (Å²) in [7, 11) is 0. The summed E-state index contributed by atoms with van der Waals surface area (Å²) < 4.78 is 4.83. The van der Waals surface area contributed by atoms with E-state index in [4.69, 9.17) is 16.3 Å². The van der Waals surface area contributed by atoms with Gasteiger partial charge in [0, 0.05) is 23.1 Å². The lowest BCUT2D eigenvalue weighted by atomic mass is 10.2. The third-order valence-corrected chi connectivity index (χ3v) is 2.97. The Balaban J connectivity index is 1.87. The van der Waals surface area contributed by atoms with Crippen LogP contribution >= 0.6 is 11.6 Å². The number of aryl methyl sites for hydroxylation is 1. The molecule has 108 valence electrons. The largest absolute Gasteiger partial charge is 0.451 e. The third kappa shape index (κ3) is 4.25. The monoisotopic (exact) mass is 305 g/mol. The summed E-state index contributed by atoms with van der Waals surface area (Å²) in [6.45, 7) is 1.44. The predicted molar refractivity (Wildman–Crippen MR) is 77.1 cm³/mol. The molecule has 0 saturated carbocycles. The van der Waals surface area contributed by atoms with Crippen LogP contribution < -0.4 is 5.32 Å². The number of carbonyl (C=O) groups excluding carboxylic acids is 2. The van der Waals surface area contributed by atoms with Gasteiger partial charge in [-0.3, -0.25) is 9.78 Å². The third-order valence-electron chi connectivity index (χ3n) is 2.56. The average molecular weight is 306 g/mol. The number of anilines is 1. The van der Waals surface area contributed by atoms with Gasteiger partial charge in [-0.2, -0.15) is 0 Å². The Morgan fingerprint density at radius 2 is 2.14 bits per heavy atom. The molecule has 6 nitrogen and oxygen atoms in total. The van der Waals surface area contributed by atoms with Crippen molar-refractivity contribution in [3.8, 4) is 0 Å². The number of halogens is 1. The molecule has 0 bridgehead atoms. The van der Waals surface area contributed by atoms with Gasteiger partial charge in [-0.05, 0) is 24.6 Å². The van der Waals surface area contributed by atoms with Gasteiger partial charge in [0.15, 0.2) is 12.3 Å². The molecule has 0 spiro atoms. The van der Waals surface area contributed by atoms with E-state index >= 15 is 0 Å². The number of nitrogens with zero attached hydrogens (tertiary/aromatic N) is 2. The Bertz CT molecular complexity index is 662. The molecule has 0 aliphatic heterocycles. The van der Waals surface area contributed by atoms with Gasteiger partial charge in [0.25, 0.3) is 5.91 Å². The maximum absolute atomic E-state index is 11.7. The van der Waals surface area contributed by atoms with Crippen LogP contribution in [0, 0.1) is 6.92 Å². The van der Waals surface area contributed by atoms with Gasteiger partial charge in [-0.15, -0.1) is 0 Å². The number of ether oxygens (including phenoxy) is 1. The smallest absolute Gasteiger partial charge is 0.359 e. The highest BCUT2D eigenvalue weighted by Gasteiger charge is 2.11. The standard InChI is InChI=1S/C14H12ClN3O3/c1-9-2-3-10(6-11(9)15)18-13(19)8-21-14(20)12-7-16-4-5-17-12/h2-7H,8H2,1H3,(H,18,19). The van der Waals surface area contributed by atoms with E-state index in [0.29, 0.717) is 10.7 Å². The van der Waals surface area contributed by atoms with Gasteiger partial charge in [-0.25, -0.2) is 9.78 Å². The quantitative estimate of drug-likeness (QED) is 0.876. The zero-order valence-electron chi connectivity index (χ0n) is 11.2. The molecule has 7 heteroatoms. The van der Waals surface area contributed by atoms with Crippen molar-refractivity contribution in [1.29, 1.82) is 0 Å². The van der Waals surface area contributed by atoms with Gasteiger partial charge in [0.2, 0.25) is 0 Å². The molecule has 1 N–H and O–H groups in total. The number of rotatable bonds is 4. The summed E-state index contributed by atoms with van der Waals surface area (Å²) in [6, 6.07) is 5.12. The maximum Gasteiger partial charge on any atom is 0.359 e. The first-order valence-electron chi connectivity index (χ1n) is 6.05. The highest BCUT2D eigenvalue weighted by molar-refractivity contribution is 6.31. The lowest BCUT2D eigenvalue weighted by Gasteiger charge is -2.07. The first-order chi connectivity index (χ1) is 10.1. The average Bonchev–Trinajstić information content (AvgIpc) is 2.49. The minimum Gasteiger partial charge on any atom is -0.451 e.